The first-order chi connectivity index (χ1) is 9.83. The van der Waals surface area contributed by atoms with Gasteiger partial charge in [0.1, 0.15) is 11.5 Å². The molecule has 20 heavy (non-hydrogen) atoms. The van der Waals surface area contributed by atoms with Crippen molar-refractivity contribution < 1.29 is 9.47 Å². The minimum absolute atomic E-state index is 0.429. The Hall–Kier alpha value is -1.22. The van der Waals surface area contributed by atoms with E-state index < -0.39 is 0 Å². The van der Waals surface area contributed by atoms with Crippen LogP contribution in [0.2, 0.25) is 0 Å². The molecule has 0 spiro atoms. The molecule has 1 aromatic carbocycles. The van der Waals surface area contributed by atoms with Crippen molar-refractivity contribution in [2.75, 3.05) is 13.7 Å². The maximum absolute atomic E-state index is 5.78. The van der Waals surface area contributed by atoms with Gasteiger partial charge in [-0.05, 0) is 49.3 Å². The third-order valence-corrected chi connectivity index (χ3v) is 5.41. The van der Waals surface area contributed by atoms with Crippen LogP contribution in [0.4, 0.5) is 0 Å². The van der Waals surface area contributed by atoms with Crippen LogP contribution >= 0.6 is 0 Å². The monoisotopic (exact) mass is 273 g/mol. The van der Waals surface area contributed by atoms with Gasteiger partial charge in [0.25, 0.3) is 0 Å². The summed E-state index contributed by atoms with van der Waals surface area (Å²) in [6.45, 7) is 0.817. The molecule has 1 aromatic rings. The molecule has 2 saturated carbocycles. The molecule has 4 unspecified atom stereocenters. The van der Waals surface area contributed by atoms with E-state index in [9.17, 15) is 0 Å². The highest BCUT2D eigenvalue weighted by Gasteiger charge is 2.40. The van der Waals surface area contributed by atoms with E-state index in [2.05, 4.69) is 11.4 Å². The maximum atomic E-state index is 5.78. The van der Waals surface area contributed by atoms with E-state index in [0.717, 1.165) is 42.4 Å². The van der Waals surface area contributed by atoms with Crippen LogP contribution in [0.3, 0.4) is 0 Å². The predicted octanol–water partition coefficient (Wildman–Crippen LogP) is 3.30. The zero-order valence-electron chi connectivity index (χ0n) is 12.1. The van der Waals surface area contributed by atoms with Crippen molar-refractivity contribution in [3.63, 3.8) is 0 Å². The van der Waals surface area contributed by atoms with Gasteiger partial charge in [0.15, 0.2) is 0 Å². The summed E-state index contributed by atoms with van der Waals surface area (Å²) in [4.78, 5) is 0. The van der Waals surface area contributed by atoms with Gasteiger partial charge in [-0.2, -0.15) is 0 Å². The Morgan fingerprint density at radius 3 is 2.90 bits per heavy atom. The smallest absolute Gasteiger partial charge is 0.124 e. The molecule has 3 heteroatoms. The minimum atomic E-state index is 0.429. The van der Waals surface area contributed by atoms with Crippen LogP contribution in [-0.2, 0) is 0 Å². The van der Waals surface area contributed by atoms with Crippen molar-refractivity contribution in [3.8, 4) is 11.5 Å². The molecule has 1 heterocycles. The van der Waals surface area contributed by atoms with Gasteiger partial charge in [-0.1, -0.05) is 6.42 Å². The highest BCUT2D eigenvalue weighted by molar-refractivity contribution is 5.43. The topological polar surface area (TPSA) is 30.5 Å². The highest BCUT2D eigenvalue weighted by Crippen LogP contribution is 2.46. The van der Waals surface area contributed by atoms with Gasteiger partial charge in [-0.25, -0.2) is 0 Å². The van der Waals surface area contributed by atoms with Gasteiger partial charge in [-0.3, -0.25) is 0 Å². The SMILES string of the molecule is COc1ccc2c(c1)C(NC1CC3CCC1C3)CCO2. The van der Waals surface area contributed by atoms with Gasteiger partial charge in [0.2, 0.25) is 0 Å². The highest BCUT2D eigenvalue weighted by atomic mass is 16.5. The lowest BCUT2D eigenvalue weighted by Crippen LogP contribution is -2.38. The van der Waals surface area contributed by atoms with Crippen molar-refractivity contribution in [2.24, 2.45) is 11.8 Å². The molecule has 1 N–H and O–H groups in total. The number of benzene rings is 1. The number of hydrogen-bond acceptors (Lipinski definition) is 3. The largest absolute Gasteiger partial charge is 0.497 e. The fourth-order valence-corrected chi connectivity index (χ4v) is 4.38. The second-order valence-corrected chi connectivity index (χ2v) is 6.54. The lowest BCUT2D eigenvalue weighted by molar-refractivity contribution is 0.227. The molecule has 0 saturated heterocycles. The summed E-state index contributed by atoms with van der Waals surface area (Å²) in [5.41, 5.74) is 1.28. The molecule has 0 amide bonds. The van der Waals surface area contributed by atoms with Gasteiger partial charge < -0.3 is 14.8 Å². The van der Waals surface area contributed by atoms with Crippen LogP contribution in [0.15, 0.2) is 18.2 Å². The maximum Gasteiger partial charge on any atom is 0.124 e. The van der Waals surface area contributed by atoms with Crippen molar-refractivity contribution in [2.45, 2.75) is 44.2 Å². The van der Waals surface area contributed by atoms with Crippen LogP contribution < -0.4 is 14.8 Å². The normalized spacial score (nSPS) is 34.6. The van der Waals surface area contributed by atoms with E-state index in [1.165, 1.54) is 31.2 Å². The van der Waals surface area contributed by atoms with Gasteiger partial charge in [0.05, 0.1) is 13.7 Å². The number of nitrogens with one attached hydrogen (secondary N) is 1. The number of hydrogen-bond donors (Lipinski definition) is 1. The third kappa shape index (κ3) is 2.08. The number of ether oxygens (including phenoxy) is 2. The number of fused-ring (bicyclic) bond motifs is 3. The third-order valence-electron chi connectivity index (χ3n) is 5.41. The molecule has 3 aliphatic rings. The van der Waals surface area contributed by atoms with Crippen LogP contribution in [0.1, 0.15) is 43.7 Å². The predicted molar refractivity (Wildman–Crippen MR) is 78.2 cm³/mol. The molecular formula is C17H23NO2. The molecule has 108 valence electrons. The molecule has 0 aromatic heterocycles. The first-order valence-corrected chi connectivity index (χ1v) is 7.90. The molecule has 1 aliphatic heterocycles. The number of rotatable bonds is 3. The molecule has 0 radical (unpaired) electrons. The zero-order chi connectivity index (χ0) is 13.5. The van der Waals surface area contributed by atoms with E-state index in [0.29, 0.717) is 6.04 Å². The Labute approximate surface area is 120 Å². The Balaban J connectivity index is 1.55. The van der Waals surface area contributed by atoms with E-state index in [1.807, 2.05) is 12.1 Å². The van der Waals surface area contributed by atoms with Crippen molar-refractivity contribution in [3.05, 3.63) is 23.8 Å². The van der Waals surface area contributed by atoms with E-state index >= 15 is 0 Å². The Morgan fingerprint density at radius 1 is 1.20 bits per heavy atom. The molecule has 3 nitrogen and oxygen atoms in total. The average Bonchev–Trinajstić information content (AvgIpc) is 3.10. The van der Waals surface area contributed by atoms with Gasteiger partial charge in [0, 0.05) is 24.1 Å². The fraction of sp³-hybridized carbons (Fsp3) is 0.647. The van der Waals surface area contributed by atoms with Crippen molar-refractivity contribution >= 4 is 0 Å². The second-order valence-electron chi connectivity index (χ2n) is 6.54. The lowest BCUT2D eigenvalue weighted by Gasteiger charge is -2.32. The summed E-state index contributed by atoms with van der Waals surface area (Å²) in [7, 11) is 1.73. The first-order valence-electron chi connectivity index (χ1n) is 7.90. The van der Waals surface area contributed by atoms with Crippen LogP contribution in [0, 0.1) is 11.8 Å². The zero-order valence-corrected chi connectivity index (χ0v) is 12.1. The van der Waals surface area contributed by atoms with Gasteiger partial charge >= 0.3 is 0 Å². The standard InChI is InChI=1S/C17H23NO2/c1-19-13-4-5-17-14(10-13)15(6-7-20-17)18-16-9-11-2-3-12(16)8-11/h4-5,10-12,15-16,18H,2-3,6-9H2,1H3. The summed E-state index contributed by atoms with van der Waals surface area (Å²) < 4.78 is 11.1. The van der Waals surface area contributed by atoms with Crippen LogP contribution in [0.25, 0.3) is 0 Å². The molecule has 4 rings (SSSR count). The van der Waals surface area contributed by atoms with E-state index in [4.69, 9.17) is 9.47 Å². The molecule has 2 bridgehead atoms. The first kappa shape index (κ1) is 12.5. The van der Waals surface area contributed by atoms with E-state index in [1.54, 1.807) is 7.11 Å². The quantitative estimate of drug-likeness (QED) is 0.916. The lowest BCUT2D eigenvalue weighted by atomic mass is 9.92. The summed E-state index contributed by atoms with van der Waals surface area (Å²) in [6.07, 6.45) is 6.78. The average molecular weight is 273 g/mol. The van der Waals surface area contributed by atoms with Gasteiger partial charge in [-0.15, -0.1) is 0 Å². The molecule has 4 atom stereocenters. The summed E-state index contributed by atoms with van der Waals surface area (Å²) in [6, 6.07) is 7.31. The van der Waals surface area contributed by atoms with Crippen LogP contribution in [0.5, 0.6) is 11.5 Å². The molecular weight excluding hydrogens is 250 g/mol. The Kier molecular flexibility index (Phi) is 3.10. The van der Waals surface area contributed by atoms with Crippen molar-refractivity contribution in [1.82, 2.24) is 5.32 Å². The van der Waals surface area contributed by atoms with Crippen LogP contribution in [-0.4, -0.2) is 19.8 Å². The minimum Gasteiger partial charge on any atom is -0.497 e. The Bertz CT molecular complexity index is 502. The molecule has 2 fully saturated rings. The Morgan fingerprint density at radius 2 is 2.15 bits per heavy atom. The van der Waals surface area contributed by atoms with E-state index in [-0.39, 0.29) is 0 Å². The van der Waals surface area contributed by atoms with Crippen molar-refractivity contribution in [1.29, 1.82) is 0 Å². The summed E-state index contributed by atoms with van der Waals surface area (Å²) in [5.74, 6) is 3.85. The molecule has 2 aliphatic carbocycles. The second kappa shape index (κ2) is 4.96. The summed E-state index contributed by atoms with van der Waals surface area (Å²) >= 11 is 0. The summed E-state index contributed by atoms with van der Waals surface area (Å²) in [5, 5.41) is 3.92. The fourth-order valence-electron chi connectivity index (χ4n) is 4.38. The number of methoxy groups -OCH3 is 1.